The van der Waals surface area contributed by atoms with Gasteiger partial charge in [-0.3, -0.25) is 14.5 Å². The van der Waals surface area contributed by atoms with Crippen LogP contribution in [0.4, 0.5) is 4.79 Å². The van der Waals surface area contributed by atoms with E-state index in [2.05, 4.69) is 15.5 Å². The molecule has 2 amide bonds. The van der Waals surface area contributed by atoms with Gasteiger partial charge < -0.3 is 40.5 Å². The third-order valence-corrected chi connectivity index (χ3v) is 8.00. The van der Waals surface area contributed by atoms with Crippen molar-refractivity contribution in [3.05, 3.63) is 33.8 Å². The molecule has 0 aliphatic carbocycles. The molecule has 0 radical (unpaired) electrons. The highest BCUT2D eigenvalue weighted by atomic mass is 35.5. The maximum Gasteiger partial charge on any atom is 0.409 e. The molecular weight excluding hydrogens is 585 g/mol. The molecule has 12 nitrogen and oxygen atoms in total. The van der Waals surface area contributed by atoms with Crippen molar-refractivity contribution in [1.82, 2.24) is 25.3 Å². The van der Waals surface area contributed by atoms with Crippen molar-refractivity contribution in [1.29, 1.82) is 0 Å². The van der Waals surface area contributed by atoms with Crippen LogP contribution in [0.25, 0.3) is 0 Å². The number of carboxylic acid groups (broad SMARTS) is 1. The number of aliphatic hydroxyl groups is 2. The Balaban J connectivity index is 1.77. The first kappa shape index (κ1) is 32.1. The van der Waals surface area contributed by atoms with Gasteiger partial charge in [0.2, 0.25) is 5.91 Å². The molecule has 0 saturated carbocycles. The summed E-state index contributed by atoms with van der Waals surface area (Å²) in [5.74, 6) is -1.37. The van der Waals surface area contributed by atoms with Gasteiger partial charge >= 0.3 is 12.1 Å². The second-order valence-corrected chi connectivity index (χ2v) is 11.1. The summed E-state index contributed by atoms with van der Waals surface area (Å²) in [4.78, 5) is 43.0. The molecule has 0 bridgehead atoms. The van der Waals surface area contributed by atoms with Gasteiger partial charge in [0, 0.05) is 26.2 Å². The van der Waals surface area contributed by atoms with Gasteiger partial charge in [0.15, 0.2) is 11.4 Å². The number of aliphatic carboxylic acids is 1. The van der Waals surface area contributed by atoms with E-state index >= 15 is 0 Å². The molecule has 5 N–H and O–H groups in total. The summed E-state index contributed by atoms with van der Waals surface area (Å²) in [7, 11) is 1.29. The number of thiocarbonyl (C=S) groups is 1. The number of carbonyl (C=O) groups excluding carboxylic acids is 2. The fraction of sp³-hybridized carbons (Fsp3) is 0.600. The van der Waals surface area contributed by atoms with Gasteiger partial charge in [-0.05, 0) is 55.8 Å². The zero-order chi connectivity index (χ0) is 29.4. The maximum atomic E-state index is 13.6. The number of carboxylic acids is 1. The lowest BCUT2D eigenvalue weighted by molar-refractivity contribution is -0.141. The number of halogens is 2. The van der Waals surface area contributed by atoms with Crippen LogP contribution in [0.3, 0.4) is 0 Å². The lowest BCUT2D eigenvalue weighted by Gasteiger charge is -2.46. The van der Waals surface area contributed by atoms with Crippen LogP contribution in [-0.2, 0) is 20.7 Å². The molecule has 0 unspecified atom stereocenters. The van der Waals surface area contributed by atoms with Crippen LogP contribution in [0.1, 0.15) is 24.8 Å². The van der Waals surface area contributed by atoms with Gasteiger partial charge in [-0.1, -0.05) is 29.3 Å². The number of piperazine rings is 1. The third-order valence-electron chi connectivity index (χ3n) is 7.00. The topological polar surface area (TPSA) is 155 Å². The van der Waals surface area contributed by atoms with Gasteiger partial charge in [-0.15, -0.1) is 0 Å². The van der Waals surface area contributed by atoms with E-state index in [4.69, 9.17) is 45.3 Å². The summed E-state index contributed by atoms with van der Waals surface area (Å²) in [5.41, 5.74) is 0.710. The van der Waals surface area contributed by atoms with Crippen molar-refractivity contribution in [3.8, 4) is 0 Å². The number of methoxy groups -OCH3 is 1. The minimum Gasteiger partial charge on any atom is -0.481 e. The maximum absolute atomic E-state index is 13.6. The van der Waals surface area contributed by atoms with Crippen molar-refractivity contribution in [2.24, 2.45) is 0 Å². The van der Waals surface area contributed by atoms with Crippen molar-refractivity contribution < 1.29 is 34.4 Å². The highest BCUT2D eigenvalue weighted by Crippen LogP contribution is 2.25. The average molecular weight is 621 g/mol. The molecule has 2 aliphatic rings. The quantitative estimate of drug-likeness (QED) is 0.187. The number of hydrogen-bond acceptors (Lipinski definition) is 8. The normalized spacial score (nSPS) is 20.4. The molecule has 2 aliphatic heterocycles. The standard InChI is InChI=1S/C25H35Cl2N5O7S/c1-39-25(38)32-14-17(12-30-6-2-3-7-30)31(21(33)9-15-4-5-18(26)19(27)8-15)13-16(32)11-28-24(40)29-20(23(36)37)10-22(34)35/h4-5,8,16-17,20,23,36-37H,2-3,6-7,9-14H2,1H3,(H,34,35)(H2,28,29,40)/t16-,17+,20-/m0/s1. The number of amides is 2. The second kappa shape index (κ2) is 15.0. The first-order valence-corrected chi connectivity index (χ1v) is 14.1. The SMILES string of the molecule is COC(=O)N1C[C@@H](CN2CCCC2)N(C(=O)Cc2ccc(Cl)c(Cl)c2)C[C@@H]1CNC(=S)N[C@@H](CC(=O)O)C(O)O. The zero-order valence-electron chi connectivity index (χ0n) is 22.1. The summed E-state index contributed by atoms with van der Waals surface area (Å²) in [6, 6.07) is 2.99. The smallest absolute Gasteiger partial charge is 0.409 e. The molecule has 0 spiro atoms. The molecule has 222 valence electrons. The van der Waals surface area contributed by atoms with Crippen molar-refractivity contribution >= 4 is 58.5 Å². The van der Waals surface area contributed by atoms with Crippen LogP contribution in [0.2, 0.25) is 10.0 Å². The zero-order valence-corrected chi connectivity index (χ0v) is 24.4. The molecule has 3 rings (SSSR count). The Morgan fingerprint density at radius 3 is 2.38 bits per heavy atom. The highest BCUT2D eigenvalue weighted by Gasteiger charge is 2.40. The van der Waals surface area contributed by atoms with E-state index < -0.39 is 36.9 Å². The monoisotopic (exact) mass is 619 g/mol. The summed E-state index contributed by atoms with van der Waals surface area (Å²) >= 11 is 17.4. The summed E-state index contributed by atoms with van der Waals surface area (Å²) in [5, 5.41) is 34.2. The summed E-state index contributed by atoms with van der Waals surface area (Å²) in [6.07, 6.45) is -0.843. The number of rotatable bonds is 10. The molecule has 40 heavy (non-hydrogen) atoms. The fourth-order valence-corrected chi connectivity index (χ4v) is 5.52. The van der Waals surface area contributed by atoms with E-state index in [-0.39, 0.29) is 43.1 Å². The van der Waals surface area contributed by atoms with Gasteiger partial charge in [-0.25, -0.2) is 4.79 Å². The second-order valence-electron chi connectivity index (χ2n) is 9.88. The predicted molar refractivity (Wildman–Crippen MR) is 152 cm³/mol. The molecule has 2 fully saturated rings. The summed E-state index contributed by atoms with van der Waals surface area (Å²) < 4.78 is 5.04. The Bertz CT molecular complexity index is 1080. The van der Waals surface area contributed by atoms with E-state index in [9.17, 15) is 24.6 Å². The summed E-state index contributed by atoms with van der Waals surface area (Å²) in [6.45, 7) is 2.96. The number of nitrogens with zero attached hydrogens (tertiary/aromatic N) is 3. The van der Waals surface area contributed by atoms with Crippen molar-refractivity contribution in [2.45, 2.75) is 50.1 Å². The number of aliphatic hydroxyl groups excluding tert-OH is 1. The molecule has 1 aromatic rings. The van der Waals surface area contributed by atoms with E-state index in [1.807, 2.05) is 0 Å². The Labute approximate surface area is 248 Å². The highest BCUT2D eigenvalue weighted by molar-refractivity contribution is 7.80. The van der Waals surface area contributed by atoms with E-state index in [1.54, 1.807) is 28.0 Å². The number of benzene rings is 1. The Morgan fingerprint density at radius 2 is 1.77 bits per heavy atom. The molecule has 2 saturated heterocycles. The molecular formula is C25H35Cl2N5O7S. The minimum atomic E-state index is -1.96. The lowest BCUT2D eigenvalue weighted by atomic mass is 10.0. The van der Waals surface area contributed by atoms with Crippen LogP contribution in [0.15, 0.2) is 18.2 Å². The van der Waals surface area contributed by atoms with E-state index in [0.29, 0.717) is 22.2 Å². The number of nitrogens with one attached hydrogen (secondary N) is 2. The first-order valence-electron chi connectivity index (χ1n) is 12.9. The molecule has 2 heterocycles. The Kier molecular flexibility index (Phi) is 12.0. The molecule has 15 heteroatoms. The van der Waals surface area contributed by atoms with Crippen LogP contribution in [0.5, 0.6) is 0 Å². The van der Waals surface area contributed by atoms with Gasteiger partial charge in [0.25, 0.3) is 0 Å². The Hall–Kier alpha value is -2.42. The molecule has 1 aromatic carbocycles. The fourth-order valence-electron chi connectivity index (χ4n) is 4.96. The number of hydrogen-bond donors (Lipinski definition) is 5. The predicted octanol–water partition coefficient (Wildman–Crippen LogP) is 0.898. The van der Waals surface area contributed by atoms with E-state index in [1.165, 1.54) is 7.11 Å². The van der Waals surface area contributed by atoms with Gasteiger partial charge in [0.05, 0.1) is 48.1 Å². The van der Waals surface area contributed by atoms with Crippen molar-refractivity contribution in [2.75, 3.05) is 46.4 Å². The number of ether oxygens (including phenoxy) is 1. The first-order chi connectivity index (χ1) is 19.0. The Morgan fingerprint density at radius 1 is 1.10 bits per heavy atom. The van der Waals surface area contributed by atoms with E-state index in [0.717, 1.165) is 25.9 Å². The van der Waals surface area contributed by atoms with Crippen LogP contribution in [-0.4, -0.2) is 124 Å². The lowest BCUT2D eigenvalue weighted by Crippen LogP contribution is -2.66. The minimum absolute atomic E-state index is 0.0305. The third kappa shape index (κ3) is 9.05. The average Bonchev–Trinajstić information content (AvgIpc) is 3.41. The number of likely N-dealkylation sites (tertiary alicyclic amines) is 1. The van der Waals surface area contributed by atoms with Crippen LogP contribution < -0.4 is 10.6 Å². The largest absolute Gasteiger partial charge is 0.481 e. The van der Waals surface area contributed by atoms with Gasteiger partial charge in [-0.2, -0.15) is 0 Å². The molecule has 0 aromatic heterocycles. The molecule has 3 atom stereocenters. The van der Waals surface area contributed by atoms with Crippen LogP contribution >= 0.6 is 35.4 Å². The van der Waals surface area contributed by atoms with Crippen LogP contribution in [0, 0.1) is 0 Å². The number of carbonyl (C=O) groups is 3. The van der Waals surface area contributed by atoms with Gasteiger partial charge in [0.1, 0.15) is 0 Å². The van der Waals surface area contributed by atoms with Crippen molar-refractivity contribution in [3.63, 3.8) is 0 Å².